The van der Waals surface area contributed by atoms with E-state index < -0.39 is 5.60 Å². The number of nitrogens with zero attached hydrogens (tertiary/aromatic N) is 3. The summed E-state index contributed by atoms with van der Waals surface area (Å²) in [6.45, 7) is 9.65. The molecule has 0 saturated carbocycles. The molecule has 0 aromatic heterocycles. The number of ether oxygens (including phenoxy) is 1. The van der Waals surface area contributed by atoms with Crippen molar-refractivity contribution in [3.63, 3.8) is 0 Å². The van der Waals surface area contributed by atoms with Gasteiger partial charge in [0.25, 0.3) is 0 Å². The molecule has 138 valence electrons. The van der Waals surface area contributed by atoms with Crippen molar-refractivity contribution >= 4 is 23.3 Å². The Balaban J connectivity index is 1.89. The van der Waals surface area contributed by atoms with Gasteiger partial charge in [-0.2, -0.15) is 0 Å². The van der Waals surface area contributed by atoms with E-state index in [9.17, 15) is 4.79 Å². The van der Waals surface area contributed by atoms with E-state index in [-0.39, 0.29) is 6.09 Å². The molecule has 0 radical (unpaired) electrons. The Bertz CT molecular complexity index is 617. The van der Waals surface area contributed by atoms with Gasteiger partial charge in [0.05, 0.1) is 0 Å². The van der Waals surface area contributed by atoms with Gasteiger partial charge in [0, 0.05) is 52.4 Å². The topological polar surface area (TPSA) is 36.0 Å². The van der Waals surface area contributed by atoms with Crippen molar-refractivity contribution in [1.82, 2.24) is 14.7 Å². The summed E-state index contributed by atoms with van der Waals surface area (Å²) < 4.78 is 5.44. The molecule has 1 aliphatic heterocycles. The summed E-state index contributed by atoms with van der Waals surface area (Å²) in [5.41, 5.74) is 1.87. The maximum absolute atomic E-state index is 12.1. The van der Waals surface area contributed by atoms with Crippen LogP contribution < -0.4 is 0 Å². The quantitative estimate of drug-likeness (QED) is 0.772. The second-order valence-corrected chi connectivity index (χ2v) is 8.03. The van der Waals surface area contributed by atoms with E-state index in [0.29, 0.717) is 13.1 Å². The van der Waals surface area contributed by atoms with Crippen molar-refractivity contribution in [1.29, 1.82) is 0 Å². The molecule has 6 heteroatoms. The molecular formula is C19H29N3O2S. The summed E-state index contributed by atoms with van der Waals surface area (Å²) in [6, 6.07) is 8.38. The van der Waals surface area contributed by atoms with Crippen LogP contribution in [0.15, 0.2) is 24.3 Å². The fourth-order valence-electron chi connectivity index (χ4n) is 2.73. The Morgan fingerprint density at radius 3 is 2.40 bits per heavy atom. The molecule has 0 unspecified atom stereocenters. The molecule has 0 bridgehead atoms. The first-order chi connectivity index (χ1) is 11.7. The molecule has 1 saturated heterocycles. The van der Waals surface area contributed by atoms with E-state index in [2.05, 4.69) is 23.1 Å². The van der Waals surface area contributed by atoms with Gasteiger partial charge in [-0.15, -0.1) is 0 Å². The predicted molar refractivity (Wildman–Crippen MR) is 105 cm³/mol. The van der Waals surface area contributed by atoms with Crippen molar-refractivity contribution in [2.24, 2.45) is 0 Å². The third kappa shape index (κ3) is 5.97. The van der Waals surface area contributed by atoms with Gasteiger partial charge in [0.15, 0.2) is 0 Å². The molecule has 0 spiro atoms. The summed E-state index contributed by atoms with van der Waals surface area (Å²) in [4.78, 5) is 19.1. The van der Waals surface area contributed by atoms with Crippen LogP contribution in [0.5, 0.6) is 0 Å². The first-order valence-electron chi connectivity index (χ1n) is 8.66. The smallest absolute Gasteiger partial charge is 0.410 e. The minimum absolute atomic E-state index is 0.217. The molecule has 1 aromatic rings. The second kappa shape index (κ2) is 8.15. The number of hydrogen-bond donors (Lipinski definition) is 0. The largest absolute Gasteiger partial charge is 0.444 e. The van der Waals surface area contributed by atoms with Gasteiger partial charge in [-0.05, 0) is 32.4 Å². The third-order valence-electron chi connectivity index (χ3n) is 4.01. The highest BCUT2D eigenvalue weighted by molar-refractivity contribution is 7.80. The monoisotopic (exact) mass is 363 g/mol. The van der Waals surface area contributed by atoms with Gasteiger partial charge in [0.2, 0.25) is 0 Å². The molecule has 2 rings (SSSR count). The lowest BCUT2D eigenvalue weighted by molar-refractivity contribution is 0.0139. The zero-order chi connectivity index (χ0) is 18.6. The summed E-state index contributed by atoms with van der Waals surface area (Å²) >= 11 is 5.45. The summed E-state index contributed by atoms with van der Waals surface area (Å²) in [6.07, 6.45) is -0.217. The van der Waals surface area contributed by atoms with Gasteiger partial charge < -0.3 is 14.5 Å². The van der Waals surface area contributed by atoms with Gasteiger partial charge in [0.1, 0.15) is 10.6 Å². The Kier molecular flexibility index (Phi) is 6.41. The Hall–Kier alpha value is -1.66. The number of amides is 1. The van der Waals surface area contributed by atoms with Crippen molar-refractivity contribution < 1.29 is 9.53 Å². The highest BCUT2D eigenvalue weighted by Crippen LogP contribution is 2.15. The van der Waals surface area contributed by atoms with E-state index in [4.69, 9.17) is 17.0 Å². The average molecular weight is 364 g/mol. The number of hydrogen-bond acceptors (Lipinski definition) is 4. The summed E-state index contributed by atoms with van der Waals surface area (Å²) in [5, 5.41) is 0. The first-order valence-corrected chi connectivity index (χ1v) is 9.07. The van der Waals surface area contributed by atoms with Crippen LogP contribution in [0.3, 0.4) is 0 Å². The molecule has 0 N–H and O–H groups in total. The fourth-order valence-corrected chi connectivity index (χ4v) is 2.86. The molecule has 25 heavy (non-hydrogen) atoms. The minimum atomic E-state index is -0.445. The Morgan fingerprint density at radius 2 is 1.84 bits per heavy atom. The maximum atomic E-state index is 12.1. The van der Waals surface area contributed by atoms with Crippen LogP contribution >= 0.6 is 12.2 Å². The van der Waals surface area contributed by atoms with Crippen molar-refractivity contribution in [3.05, 3.63) is 35.4 Å². The van der Waals surface area contributed by atoms with E-state index >= 15 is 0 Å². The standard InChI is InChI=1S/C19H29N3O2S/c1-19(2,3)24-18(23)22-11-9-21(10-12-22)14-15-7-6-8-16(13-15)17(25)20(4)5/h6-8,13H,9-12,14H2,1-5H3. The van der Waals surface area contributed by atoms with Crippen LogP contribution in [0.1, 0.15) is 31.9 Å². The minimum Gasteiger partial charge on any atom is -0.444 e. The second-order valence-electron chi connectivity index (χ2n) is 7.64. The summed E-state index contributed by atoms with van der Waals surface area (Å²) in [5.74, 6) is 0. The van der Waals surface area contributed by atoms with Gasteiger partial charge in [-0.3, -0.25) is 4.90 Å². The van der Waals surface area contributed by atoms with Crippen molar-refractivity contribution in [2.75, 3.05) is 40.3 Å². The van der Waals surface area contributed by atoms with Crippen molar-refractivity contribution in [2.45, 2.75) is 32.9 Å². The number of carbonyl (C=O) groups is 1. The lowest BCUT2D eigenvalue weighted by atomic mass is 10.1. The molecule has 0 aliphatic carbocycles. The number of benzene rings is 1. The molecule has 1 fully saturated rings. The zero-order valence-electron chi connectivity index (χ0n) is 15.9. The van der Waals surface area contributed by atoms with Crippen LogP contribution in [-0.2, 0) is 11.3 Å². The Labute approximate surface area is 156 Å². The molecule has 1 amide bonds. The highest BCUT2D eigenvalue weighted by atomic mass is 32.1. The van der Waals surface area contributed by atoms with Crippen LogP contribution in [0.4, 0.5) is 4.79 Å². The van der Waals surface area contributed by atoms with E-state index in [0.717, 1.165) is 30.2 Å². The molecular weight excluding hydrogens is 334 g/mol. The zero-order valence-corrected chi connectivity index (χ0v) is 16.7. The van der Waals surface area contributed by atoms with E-state index in [1.54, 1.807) is 4.90 Å². The molecule has 0 atom stereocenters. The van der Waals surface area contributed by atoms with Gasteiger partial charge in [-0.25, -0.2) is 4.79 Å². The van der Waals surface area contributed by atoms with Gasteiger partial charge in [-0.1, -0.05) is 30.4 Å². The SMILES string of the molecule is CN(C)C(=S)c1cccc(CN2CCN(C(=O)OC(C)(C)C)CC2)c1. The molecule has 1 aliphatic rings. The first kappa shape index (κ1) is 19.7. The normalized spacial score (nSPS) is 15.8. The summed E-state index contributed by atoms with van der Waals surface area (Å²) in [7, 11) is 3.93. The lowest BCUT2D eigenvalue weighted by Gasteiger charge is -2.35. The maximum Gasteiger partial charge on any atom is 0.410 e. The lowest BCUT2D eigenvalue weighted by Crippen LogP contribution is -2.49. The van der Waals surface area contributed by atoms with Crippen molar-refractivity contribution in [3.8, 4) is 0 Å². The van der Waals surface area contributed by atoms with E-state index in [1.165, 1.54) is 5.56 Å². The fraction of sp³-hybridized carbons (Fsp3) is 0.579. The number of carbonyl (C=O) groups excluding carboxylic acids is 1. The van der Waals surface area contributed by atoms with E-state index in [1.807, 2.05) is 45.8 Å². The predicted octanol–water partition coefficient (Wildman–Crippen LogP) is 2.98. The number of rotatable bonds is 3. The Morgan fingerprint density at radius 1 is 1.20 bits per heavy atom. The third-order valence-corrected chi connectivity index (χ3v) is 4.61. The average Bonchev–Trinajstić information content (AvgIpc) is 2.53. The van der Waals surface area contributed by atoms with Crippen LogP contribution in [0, 0.1) is 0 Å². The molecule has 1 heterocycles. The highest BCUT2D eigenvalue weighted by Gasteiger charge is 2.25. The van der Waals surface area contributed by atoms with Crippen LogP contribution in [0.2, 0.25) is 0 Å². The molecule has 5 nitrogen and oxygen atoms in total. The van der Waals surface area contributed by atoms with Crippen LogP contribution in [-0.4, -0.2) is 71.7 Å². The number of piperazine rings is 1. The van der Waals surface area contributed by atoms with Crippen LogP contribution in [0.25, 0.3) is 0 Å². The number of thiocarbonyl (C=S) groups is 1. The molecule has 1 aromatic carbocycles. The van der Waals surface area contributed by atoms with Gasteiger partial charge >= 0.3 is 6.09 Å².